The Morgan fingerprint density at radius 3 is 2.54 bits per heavy atom. The monoisotopic (exact) mass is 181 g/mol. The molecule has 0 aromatic rings. The highest BCUT2D eigenvalue weighted by Gasteiger charge is 2.11. The Morgan fingerprint density at radius 2 is 2.00 bits per heavy atom. The number of unbranched alkanes of at least 4 members (excludes halogenated alkanes) is 1. The molecular formula is C11H19NO. The van der Waals surface area contributed by atoms with Crippen LogP contribution >= 0.6 is 0 Å². The van der Waals surface area contributed by atoms with Crippen LogP contribution in [0.5, 0.6) is 0 Å². The van der Waals surface area contributed by atoms with E-state index in [1.807, 2.05) is 0 Å². The number of rotatable bonds is 4. The van der Waals surface area contributed by atoms with E-state index in [2.05, 4.69) is 17.9 Å². The van der Waals surface area contributed by atoms with Crippen molar-refractivity contribution in [2.45, 2.75) is 39.0 Å². The van der Waals surface area contributed by atoms with Crippen molar-refractivity contribution in [2.75, 3.05) is 13.1 Å². The zero-order valence-corrected chi connectivity index (χ0v) is 8.46. The Balaban J connectivity index is 2.48. The molecule has 1 aliphatic heterocycles. The fourth-order valence-electron chi connectivity index (χ4n) is 1.70. The summed E-state index contributed by atoms with van der Waals surface area (Å²) < 4.78 is 0. The second-order valence-corrected chi connectivity index (χ2v) is 3.58. The Morgan fingerprint density at radius 1 is 1.31 bits per heavy atom. The molecule has 0 N–H and O–H groups in total. The molecule has 0 aromatic heterocycles. The summed E-state index contributed by atoms with van der Waals surface area (Å²) in [4.78, 5) is 13.0. The normalized spacial score (nSPS) is 18.8. The summed E-state index contributed by atoms with van der Waals surface area (Å²) >= 11 is 0. The molecule has 0 aromatic carbocycles. The third kappa shape index (κ3) is 3.21. The number of hydrogen-bond donors (Lipinski definition) is 0. The summed E-state index contributed by atoms with van der Waals surface area (Å²) in [7, 11) is 0. The lowest BCUT2D eigenvalue weighted by Gasteiger charge is -2.28. The fraction of sp³-hybridized carbons (Fsp3) is 0.727. The van der Waals surface area contributed by atoms with Gasteiger partial charge in [0.05, 0.1) is 5.70 Å². The first kappa shape index (κ1) is 10.3. The molecule has 1 saturated heterocycles. The van der Waals surface area contributed by atoms with E-state index >= 15 is 0 Å². The van der Waals surface area contributed by atoms with Crippen LogP contribution in [0, 0.1) is 0 Å². The largest absolute Gasteiger partial charge is 0.369 e. The summed E-state index contributed by atoms with van der Waals surface area (Å²) in [5, 5.41) is 0. The van der Waals surface area contributed by atoms with Crippen LogP contribution in [0.25, 0.3) is 0 Å². The van der Waals surface area contributed by atoms with E-state index in [1.54, 1.807) is 0 Å². The molecule has 1 aliphatic rings. The molecule has 0 amide bonds. The minimum absolute atomic E-state index is 0.904. The standard InChI is InChI=1S/C11H19NO/c1-2-3-7-11(10-13)12-8-5-4-6-9-12/h7,10H,2-6,8-9H2,1H3/b11-7-. The number of carbonyl (C=O) groups is 1. The van der Waals surface area contributed by atoms with Gasteiger partial charge in [-0.15, -0.1) is 0 Å². The molecule has 0 aliphatic carbocycles. The molecule has 2 nitrogen and oxygen atoms in total. The van der Waals surface area contributed by atoms with E-state index in [0.717, 1.165) is 37.9 Å². The predicted molar refractivity (Wildman–Crippen MR) is 54.5 cm³/mol. The number of aldehydes is 1. The van der Waals surface area contributed by atoms with Gasteiger partial charge >= 0.3 is 0 Å². The molecular weight excluding hydrogens is 162 g/mol. The fourth-order valence-corrected chi connectivity index (χ4v) is 1.70. The predicted octanol–water partition coefficient (Wildman–Crippen LogP) is 2.36. The average Bonchev–Trinajstić information content (AvgIpc) is 2.21. The first-order valence-corrected chi connectivity index (χ1v) is 5.28. The van der Waals surface area contributed by atoms with E-state index in [4.69, 9.17) is 0 Å². The van der Waals surface area contributed by atoms with Crippen LogP contribution < -0.4 is 0 Å². The molecule has 2 heteroatoms. The number of piperidine rings is 1. The number of likely N-dealkylation sites (tertiary alicyclic amines) is 1. The highest BCUT2D eigenvalue weighted by atomic mass is 16.1. The van der Waals surface area contributed by atoms with Crippen molar-refractivity contribution >= 4 is 6.29 Å². The van der Waals surface area contributed by atoms with Gasteiger partial charge in [-0.25, -0.2) is 0 Å². The summed E-state index contributed by atoms with van der Waals surface area (Å²) in [6.45, 7) is 4.26. The van der Waals surface area contributed by atoms with Gasteiger partial charge in [0.15, 0.2) is 6.29 Å². The van der Waals surface area contributed by atoms with Gasteiger partial charge < -0.3 is 4.90 Å². The van der Waals surface area contributed by atoms with E-state index in [1.165, 1.54) is 19.3 Å². The molecule has 1 heterocycles. The first-order chi connectivity index (χ1) is 6.38. The SMILES string of the molecule is CCC/C=C(/C=O)N1CCCCC1. The highest BCUT2D eigenvalue weighted by molar-refractivity contribution is 5.72. The van der Waals surface area contributed by atoms with Gasteiger partial charge in [-0.2, -0.15) is 0 Å². The maximum atomic E-state index is 10.8. The van der Waals surface area contributed by atoms with Gasteiger partial charge in [0.2, 0.25) is 0 Å². The smallest absolute Gasteiger partial charge is 0.165 e. The molecule has 1 rings (SSSR count). The molecule has 0 saturated carbocycles. The molecule has 0 bridgehead atoms. The van der Waals surface area contributed by atoms with Crippen molar-refractivity contribution in [3.05, 3.63) is 11.8 Å². The van der Waals surface area contributed by atoms with Gasteiger partial charge in [-0.05, 0) is 25.7 Å². The van der Waals surface area contributed by atoms with E-state index in [0.29, 0.717) is 0 Å². The van der Waals surface area contributed by atoms with Crippen LogP contribution in [0.1, 0.15) is 39.0 Å². The van der Waals surface area contributed by atoms with Gasteiger partial charge in [0.1, 0.15) is 0 Å². The third-order valence-electron chi connectivity index (χ3n) is 2.48. The van der Waals surface area contributed by atoms with Gasteiger partial charge in [-0.1, -0.05) is 19.4 Å². The van der Waals surface area contributed by atoms with Crippen molar-refractivity contribution in [1.82, 2.24) is 4.90 Å². The molecule has 1 fully saturated rings. The number of carbonyl (C=O) groups excluding carboxylic acids is 1. The summed E-state index contributed by atoms with van der Waals surface area (Å²) in [5.74, 6) is 0. The van der Waals surface area contributed by atoms with Crippen LogP contribution in [-0.2, 0) is 4.79 Å². The molecule has 0 radical (unpaired) electrons. The van der Waals surface area contributed by atoms with Crippen LogP contribution in [0.4, 0.5) is 0 Å². The average molecular weight is 181 g/mol. The Bertz CT molecular complexity index is 181. The van der Waals surface area contributed by atoms with Gasteiger partial charge in [0, 0.05) is 13.1 Å². The number of nitrogens with zero attached hydrogens (tertiary/aromatic N) is 1. The van der Waals surface area contributed by atoms with Crippen LogP contribution in [-0.4, -0.2) is 24.3 Å². The second kappa shape index (κ2) is 5.79. The van der Waals surface area contributed by atoms with Crippen molar-refractivity contribution in [1.29, 1.82) is 0 Å². The van der Waals surface area contributed by atoms with Crippen LogP contribution in [0.3, 0.4) is 0 Å². The van der Waals surface area contributed by atoms with E-state index < -0.39 is 0 Å². The highest BCUT2D eigenvalue weighted by Crippen LogP contribution is 2.13. The lowest BCUT2D eigenvalue weighted by molar-refractivity contribution is -0.106. The Kier molecular flexibility index (Phi) is 4.58. The third-order valence-corrected chi connectivity index (χ3v) is 2.48. The molecule has 74 valence electrons. The van der Waals surface area contributed by atoms with Crippen molar-refractivity contribution in [3.63, 3.8) is 0 Å². The van der Waals surface area contributed by atoms with Crippen molar-refractivity contribution in [3.8, 4) is 0 Å². The summed E-state index contributed by atoms with van der Waals surface area (Å²) in [5.41, 5.74) is 0.904. The topological polar surface area (TPSA) is 20.3 Å². The maximum absolute atomic E-state index is 10.8. The molecule has 0 atom stereocenters. The zero-order valence-electron chi connectivity index (χ0n) is 8.46. The van der Waals surface area contributed by atoms with Crippen LogP contribution in [0.2, 0.25) is 0 Å². The van der Waals surface area contributed by atoms with Crippen LogP contribution in [0.15, 0.2) is 11.8 Å². The quantitative estimate of drug-likeness (QED) is 0.490. The minimum atomic E-state index is 0.904. The summed E-state index contributed by atoms with van der Waals surface area (Å²) in [6, 6.07) is 0. The van der Waals surface area contributed by atoms with E-state index in [9.17, 15) is 4.79 Å². The Labute approximate surface area is 80.6 Å². The summed E-state index contributed by atoms with van der Waals surface area (Å²) in [6.07, 6.45) is 8.99. The van der Waals surface area contributed by atoms with Gasteiger partial charge in [-0.3, -0.25) is 4.79 Å². The number of hydrogen-bond acceptors (Lipinski definition) is 2. The number of allylic oxidation sites excluding steroid dienone is 2. The van der Waals surface area contributed by atoms with Gasteiger partial charge in [0.25, 0.3) is 0 Å². The van der Waals surface area contributed by atoms with Crippen molar-refractivity contribution < 1.29 is 4.79 Å². The zero-order chi connectivity index (χ0) is 9.52. The minimum Gasteiger partial charge on any atom is -0.369 e. The first-order valence-electron chi connectivity index (χ1n) is 5.28. The molecule has 0 unspecified atom stereocenters. The van der Waals surface area contributed by atoms with Crippen molar-refractivity contribution in [2.24, 2.45) is 0 Å². The lowest BCUT2D eigenvalue weighted by Crippen LogP contribution is -2.29. The van der Waals surface area contributed by atoms with E-state index in [-0.39, 0.29) is 0 Å². The Hall–Kier alpha value is -0.790. The molecule has 0 spiro atoms. The maximum Gasteiger partial charge on any atom is 0.165 e. The lowest BCUT2D eigenvalue weighted by atomic mass is 10.1. The second-order valence-electron chi connectivity index (χ2n) is 3.58. The molecule has 13 heavy (non-hydrogen) atoms.